The Morgan fingerprint density at radius 3 is 2.50 bits per heavy atom. The molecule has 0 radical (unpaired) electrons. The number of benzene rings is 1. The first-order valence-corrected chi connectivity index (χ1v) is 9.86. The molecular formula is C17H24N2O6S. The molecule has 0 bridgehead atoms. The van der Waals surface area contributed by atoms with Crippen molar-refractivity contribution < 1.29 is 27.9 Å². The number of amides is 1. The maximum atomic E-state index is 12.4. The Morgan fingerprint density at radius 1 is 1.27 bits per heavy atom. The Morgan fingerprint density at radius 2 is 1.92 bits per heavy atom. The molecule has 2 rings (SSSR count). The lowest BCUT2D eigenvalue weighted by Crippen LogP contribution is -2.46. The van der Waals surface area contributed by atoms with Gasteiger partial charge in [0.1, 0.15) is 0 Å². The van der Waals surface area contributed by atoms with E-state index in [9.17, 15) is 23.1 Å². The molecule has 1 heterocycles. The van der Waals surface area contributed by atoms with E-state index >= 15 is 0 Å². The van der Waals surface area contributed by atoms with E-state index in [4.69, 9.17) is 4.74 Å². The van der Waals surface area contributed by atoms with Crippen LogP contribution in [0.2, 0.25) is 0 Å². The van der Waals surface area contributed by atoms with E-state index in [-0.39, 0.29) is 23.0 Å². The molecule has 0 aliphatic carbocycles. The molecule has 1 fully saturated rings. The number of carbonyl (C=O) groups is 2. The Bertz CT molecular complexity index is 769. The fourth-order valence-corrected chi connectivity index (χ4v) is 4.06. The summed E-state index contributed by atoms with van der Waals surface area (Å²) in [4.78, 5) is 24.0. The average Bonchev–Trinajstić information content (AvgIpc) is 2.59. The minimum absolute atomic E-state index is 0.0159. The molecular weight excluding hydrogens is 360 g/mol. The molecule has 1 aromatic carbocycles. The van der Waals surface area contributed by atoms with Gasteiger partial charge in [0, 0.05) is 31.4 Å². The first kappa shape index (κ1) is 20.3. The van der Waals surface area contributed by atoms with Gasteiger partial charge >= 0.3 is 5.97 Å². The van der Waals surface area contributed by atoms with Crippen molar-refractivity contribution in [3.05, 3.63) is 29.8 Å². The van der Waals surface area contributed by atoms with E-state index < -0.39 is 27.3 Å². The molecule has 8 nitrogen and oxygen atoms in total. The average molecular weight is 384 g/mol. The number of carbonyl (C=O) groups excluding carboxylic acids is 1. The van der Waals surface area contributed by atoms with Gasteiger partial charge < -0.3 is 15.2 Å². The van der Waals surface area contributed by atoms with Crippen molar-refractivity contribution in [3.63, 3.8) is 0 Å². The van der Waals surface area contributed by atoms with E-state index in [0.717, 1.165) is 0 Å². The zero-order valence-corrected chi connectivity index (χ0v) is 15.6. The highest BCUT2D eigenvalue weighted by Gasteiger charge is 2.40. The number of sulfonamides is 1. The normalized spacial score (nSPS) is 17.0. The molecule has 0 spiro atoms. The molecule has 3 N–H and O–H groups in total. The van der Waals surface area contributed by atoms with Crippen LogP contribution in [-0.2, 0) is 19.6 Å². The van der Waals surface area contributed by atoms with Crippen molar-refractivity contribution in [2.45, 2.75) is 37.6 Å². The Kier molecular flexibility index (Phi) is 6.38. The van der Waals surface area contributed by atoms with Crippen molar-refractivity contribution in [1.82, 2.24) is 10.0 Å². The molecule has 0 saturated carbocycles. The summed E-state index contributed by atoms with van der Waals surface area (Å²) >= 11 is 0. The summed E-state index contributed by atoms with van der Waals surface area (Å²) in [6.45, 7) is 4.03. The summed E-state index contributed by atoms with van der Waals surface area (Å²) in [5.74, 6) is -1.49. The summed E-state index contributed by atoms with van der Waals surface area (Å²) in [6, 6.07) is 5.36. The van der Waals surface area contributed by atoms with Crippen LogP contribution in [0.5, 0.6) is 0 Å². The van der Waals surface area contributed by atoms with E-state index in [1.807, 2.05) is 0 Å². The van der Waals surface area contributed by atoms with Crippen molar-refractivity contribution in [2.24, 2.45) is 5.41 Å². The number of hydrogen-bond donors (Lipinski definition) is 3. The predicted octanol–water partition coefficient (Wildman–Crippen LogP) is 0.984. The van der Waals surface area contributed by atoms with Gasteiger partial charge in [0.25, 0.3) is 5.91 Å². The number of rotatable bonds is 7. The van der Waals surface area contributed by atoms with Gasteiger partial charge in [-0.15, -0.1) is 0 Å². The van der Waals surface area contributed by atoms with E-state index in [1.54, 1.807) is 13.8 Å². The van der Waals surface area contributed by atoms with Crippen LogP contribution in [0.25, 0.3) is 0 Å². The fraction of sp³-hybridized carbons (Fsp3) is 0.529. The van der Waals surface area contributed by atoms with E-state index in [2.05, 4.69) is 10.0 Å². The highest BCUT2D eigenvalue weighted by molar-refractivity contribution is 7.89. The molecule has 1 amide bonds. The lowest BCUT2D eigenvalue weighted by Gasteiger charge is -2.33. The zero-order valence-electron chi connectivity index (χ0n) is 14.8. The van der Waals surface area contributed by atoms with E-state index in [1.165, 1.54) is 24.3 Å². The Labute approximate surface area is 153 Å². The SMILES string of the molecule is CC(C)NS(=O)(=O)c1cccc(C(=O)NCC2(C(=O)O)CCOCC2)c1. The molecule has 9 heteroatoms. The van der Waals surface area contributed by atoms with Crippen LogP contribution >= 0.6 is 0 Å². The Balaban J connectivity index is 2.13. The summed E-state index contributed by atoms with van der Waals surface area (Å²) in [5.41, 5.74) is -0.902. The quantitative estimate of drug-likeness (QED) is 0.644. The fourth-order valence-electron chi connectivity index (χ4n) is 2.76. The molecule has 144 valence electrons. The van der Waals surface area contributed by atoms with Crippen molar-refractivity contribution in [1.29, 1.82) is 0 Å². The number of carboxylic acid groups (broad SMARTS) is 1. The lowest BCUT2D eigenvalue weighted by atomic mass is 9.80. The largest absolute Gasteiger partial charge is 0.481 e. The third-order valence-electron chi connectivity index (χ3n) is 4.29. The second-order valence-electron chi connectivity index (χ2n) is 6.68. The minimum Gasteiger partial charge on any atom is -0.481 e. The van der Waals surface area contributed by atoms with E-state index in [0.29, 0.717) is 26.1 Å². The van der Waals surface area contributed by atoms with Crippen molar-refractivity contribution >= 4 is 21.9 Å². The number of ether oxygens (including phenoxy) is 1. The second-order valence-corrected chi connectivity index (χ2v) is 8.40. The maximum absolute atomic E-state index is 12.4. The number of nitrogens with one attached hydrogen (secondary N) is 2. The van der Waals surface area contributed by atoms with Gasteiger partial charge in [-0.05, 0) is 44.9 Å². The van der Waals surface area contributed by atoms with Gasteiger partial charge in [0.05, 0.1) is 10.3 Å². The molecule has 1 aliphatic heterocycles. The van der Waals surface area contributed by atoms with Crippen molar-refractivity contribution in [2.75, 3.05) is 19.8 Å². The summed E-state index contributed by atoms with van der Waals surface area (Å²) < 4.78 is 32.1. The first-order valence-electron chi connectivity index (χ1n) is 8.38. The van der Waals surface area contributed by atoms with Gasteiger partial charge in [-0.25, -0.2) is 13.1 Å². The van der Waals surface area contributed by atoms with Crippen molar-refractivity contribution in [3.8, 4) is 0 Å². The Hall–Kier alpha value is -1.97. The van der Waals surface area contributed by atoms with Crippen LogP contribution in [-0.4, -0.2) is 51.2 Å². The number of aliphatic carboxylic acids is 1. The summed E-state index contributed by atoms with van der Waals surface area (Å²) in [6.07, 6.45) is 0.630. The van der Waals surface area contributed by atoms with Crippen LogP contribution in [0.4, 0.5) is 0 Å². The van der Waals surface area contributed by atoms with Crippen LogP contribution in [0.1, 0.15) is 37.0 Å². The predicted molar refractivity (Wildman–Crippen MR) is 94.4 cm³/mol. The van der Waals surface area contributed by atoms with Gasteiger partial charge in [0.15, 0.2) is 0 Å². The third-order valence-corrected chi connectivity index (χ3v) is 5.94. The van der Waals surface area contributed by atoms with Crippen LogP contribution < -0.4 is 10.0 Å². The second kappa shape index (κ2) is 8.15. The molecule has 0 aromatic heterocycles. The molecule has 0 atom stereocenters. The van der Waals surface area contributed by atoms with Gasteiger partial charge in [0.2, 0.25) is 10.0 Å². The molecule has 26 heavy (non-hydrogen) atoms. The number of hydrogen-bond acceptors (Lipinski definition) is 5. The van der Waals surface area contributed by atoms with Crippen LogP contribution in [0, 0.1) is 5.41 Å². The summed E-state index contributed by atoms with van der Waals surface area (Å²) in [7, 11) is -3.72. The highest BCUT2D eigenvalue weighted by Crippen LogP contribution is 2.30. The number of carboxylic acids is 1. The van der Waals surface area contributed by atoms with Gasteiger partial charge in [-0.2, -0.15) is 0 Å². The van der Waals surface area contributed by atoms with Crippen LogP contribution in [0.15, 0.2) is 29.2 Å². The highest BCUT2D eigenvalue weighted by atomic mass is 32.2. The monoisotopic (exact) mass is 384 g/mol. The topological polar surface area (TPSA) is 122 Å². The lowest BCUT2D eigenvalue weighted by molar-refractivity contribution is -0.154. The first-order chi connectivity index (χ1) is 12.2. The summed E-state index contributed by atoms with van der Waals surface area (Å²) in [5, 5.41) is 12.1. The molecule has 1 aliphatic rings. The molecule has 1 aromatic rings. The maximum Gasteiger partial charge on any atom is 0.311 e. The van der Waals surface area contributed by atoms with Gasteiger partial charge in [-0.1, -0.05) is 6.07 Å². The zero-order chi connectivity index (χ0) is 19.4. The molecule has 1 saturated heterocycles. The molecule has 0 unspecified atom stereocenters. The van der Waals surface area contributed by atoms with Crippen LogP contribution in [0.3, 0.4) is 0 Å². The minimum atomic E-state index is -3.72. The smallest absolute Gasteiger partial charge is 0.311 e. The standard InChI is InChI=1S/C17H24N2O6S/c1-12(2)19-26(23,24)14-5-3-4-13(10-14)15(20)18-11-17(16(21)22)6-8-25-9-7-17/h3-5,10,12,19H,6-9,11H2,1-2H3,(H,18,20)(H,21,22). The van der Waals surface area contributed by atoms with Gasteiger partial charge in [-0.3, -0.25) is 9.59 Å². The third kappa shape index (κ3) is 4.80.